The molecule has 0 bridgehead atoms. The molecule has 2 N–H and O–H groups in total. The van der Waals surface area contributed by atoms with Gasteiger partial charge < -0.3 is 5.73 Å². The molecule has 1 aromatic heterocycles. The van der Waals surface area contributed by atoms with Gasteiger partial charge in [0.15, 0.2) is 0 Å². The molecule has 4 amide bonds. The highest BCUT2D eigenvalue weighted by atomic mass is 32.1. The van der Waals surface area contributed by atoms with Crippen LogP contribution in [0.2, 0.25) is 0 Å². The van der Waals surface area contributed by atoms with Gasteiger partial charge in [-0.15, -0.1) is 11.3 Å². The van der Waals surface area contributed by atoms with E-state index in [1.165, 1.54) is 5.38 Å². The summed E-state index contributed by atoms with van der Waals surface area (Å²) >= 11 is 1.13. The van der Waals surface area contributed by atoms with Crippen LogP contribution in [0.15, 0.2) is 5.38 Å². The summed E-state index contributed by atoms with van der Waals surface area (Å²) in [6.07, 6.45) is 0.949. The first-order valence-electron chi connectivity index (χ1n) is 7.06. The van der Waals surface area contributed by atoms with Crippen LogP contribution in [0.25, 0.3) is 0 Å². The van der Waals surface area contributed by atoms with E-state index in [1.807, 2.05) is 6.92 Å². The minimum Gasteiger partial charge on any atom is -0.390 e. The van der Waals surface area contributed by atoms with Gasteiger partial charge in [0.1, 0.15) is 6.04 Å². The van der Waals surface area contributed by atoms with Crippen molar-refractivity contribution in [2.45, 2.75) is 32.2 Å². The van der Waals surface area contributed by atoms with Crippen molar-refractivity contribution in [2.75, 3.05) is 12.3 Å². The van der Waals surface area contributed by atoms with Crippen molar-refractivity contribution in [3.05, 3.63) is 16.5 Å². The van der Waals surface area contributed by atoms with Crippen LogP contribution in [-0.4, -0.2) is 46.0 Å². The molecule has 1 unspecified atom stereocenters. The molecular weight excluding hydrogens is 306 g/mol. The highest BCUT2D eigenvalue weighted by molar-refractivity contribution is 7.14. The lowest BCUT2D eigenvalue weighted by Gasteiger charge is -2.34. The third kappa shape index (κ3) is 1.94. The number of hydrogen-bond donors (Lipinski definition) is 1. The largest absolute Gasteiger partial charge is 0.390 e. The highest BCUT2D eigenvalue weighted by Crippen LogP contribution is 2.35. The molecular formula is C14H15N3O4S. The molecule has 0 radical (unpaired) electrons. The van der Waals surface area contributed by atoms with Gasteiger partial charge in [0, 0.05) is 18.3 Å². The highest BCUT2D eigenvalue weighted by Gasteiger charge is 2.48. The number of likely N-dealkylation sites (tertiary alicyclic amines) is 1. The summed E-state index contributed by atoms with van der Waals surface area (Å²) in [5.74, 6) is -1.77. The predicted molar refractivity (Wildman–Crippen MR) is 79.3 cm³/mol. The second-order valence-corrected chi connectivity index (χ2v) is 6.22. The van der Waals surface area contributed by atoms with Crippen LogP contribution < -0.4 is 5.73 Å². The molecule has 3 rings (SSSR count). The Balaban J connectivity index is 1.92. The van der Waals surface area contributed by atoms with E-state index in [4.69, 9.17) is 5.73 Å². The number of piperidine rings is 1. The molecule has 0 aromatic carbocycles. The fourth-order valence-electron chi connectivity index (χ4n) is 2.90. The molecule has 1 saturated heterocycles. The first-order chi connectivity index (χ1) is 10.5. The average Bonchev–Trinajstić information content (AvgIpc) is 2.97. The van der Waals surface area contributed by atoms with Gasteiger partial charge in [0.2, 0.25) is 5.91 Å². The zero-order valence-corrected chi connectivity index (χ0v) is 12.8. The summed E-state index contributed by atoms with van der Waals surface area (Å²) in [6, 6.07) is -0.916. The van der Waals surface area contributed by atoms with Gasteiger partial charge in [-0.2, -0.15) is 0 Å². The molecule has 0 aliphatic carbocycles. The van der Waals surface area contributed by atoms with E-state index in [0.29, 0.717) is 13.0 Å². The summed E-state index contributed by atoms with van der Waals surface area (Å²) in [5, 5.41) is 1.81. The molecule has 8 heteroatoms. The maximum atomic E-state index is 12.5. The molecule has 3 heterocycles. The Morgan fingerprint density at radius 1 is 1.27 bits per heavy atom. The number of carbonyl (C=O) groups is 4. The monoisotopic (exact) mass is 321 g/mol. The lowest BCUT2D eigenvalue weighted by atomic mass is 10.0. The molecule has 0 spiro atoms. The van der Waals surface area contributed by atoms with Crippen LogP contribution >= 0.6 is 11.3 Å². The second kappa shape index (κ2) is 5.20. The number of anilines is 1. The number of carbonyl (C=O) groups excluding carboxylic acids is 4. The maximum Gasteiger partial charge on any atom is 0.265 e. The molecule has 2 aliphatic heterocycles. The van der Waals surface area contributed by atoms with Crippen LogP contribution in [0, 0.1) is 0 Å². The fourth-order valence-corrected chi connectivity index (χ4v) is 3.67. The molecule has 2 aliphatic rings. The second-order valence-electron chi connectivity index (χ2n) is 5.31. The lowest BCUT2D eigenvalue weighted by molar-refractivity contribution is -0.151. The van der Waals surface area contributed by atoms with Crippen LogP contribution in [-0.2, 0) is 9.59 Å². The number of fused-ring (bicyclic) bond motifs is 1. The minimum absolute atomic E-state index is 0.149. The topological polar surface area (TPSA) is 101 Å². The summed E-state index contributed by atoms with van der Waals surface area (Å²) < 4.78 is 0. The van der Waals surface area contributed by atoms with Gasteiger partial charge in [-0.25, -0.2) is 0 Å². The first-order valence-corrected chi connectivity index (χ1v) is 7.94. The average molecular weight is 321 g/mol. The van der Waals surface area contributed by atoms with Crippen molar-refractivity contribution in [3.63, 3.8) is 0 Å². The summed E-state index contributed by atoms with van der Waals surface area (Å²) in [4.78, 5) is 51.3. The smallest absolute Gasteiger partial charge is 0.265 e. The molecule has 0 saturated carbocycles. The number of imide groups is 2. The zero-order chi connectivity index (χ0) is 16.0. The predicted octanol–water partition coefficient (Wildman–Crippen LogP) is 0.854. The van der Waals surface area contributed by atoms with Crippen molar-refractivity contribution in [2.24, 2.45) is 0 Å². The zero-order valence-electron chi connectivity index (χ0n) is 12.0. The van der Waals surface area contributed by atoms with Crippen molar-refractivity contribution in [3.8, 4) is 0 Å². The van der Waals surface area contributed by atoms with E-state index in [0.717, 1.165) is 21.1 Å². The maximum absolute atomic E-state index is 12.5. The molecule has 1 atom stereocenters. The Labute approximate surface area is 130 Å². The molecule has 1 aromatic rings. The Morgan fingerprint density at radius 3 is 2.64 bits per heavy atom. The number of amides is 4. The van der Waals surface area contributed by atoms with Crippen LogP contribution in [0.3, 0.4) is 0 Å². The van der Waals surface area contributed by atoms with Crippen LogP contribution in [0.4, 0.5) is 5.00 Å². The number of nitrogen functional groups attached to an aromatic ring is 1. The minimum atomic E-state index is -0.916. The van der Waals surface area contributed by atoms with Crippen LogP contribution in [0.1, 0.15) is 46.9 Å². The molecule has 7 nitrogen and oxygen atoms in total. The SMILES string of the molecule is CCCN1C(=O)CCC(N2C(=O)c3csc(N)c3C2=O)C1=O. The van der Waals surface area contributed by atoms with E-state index in [1.54, 1.807) is 0 Å². The van der Waals surface area contributed by atoms with E-state index in [-0.39, 0.29) is 34.9 Å². The molecule has 1 fully saturated rings. The van der Waals surface area contributed by atoms with Gasteiger partial charge in [-0.1, -0.05) is 6.92 Å². The number of hydrogen-bond acceptors (Lipinski definition) is 6. The van der Waals surface area contributed by atoms with E-state index in [2.05, 4.69) is 0 Å². The first kappa shape index (κ1) is 14.7. The van der Waals surface area contributed by atoms with Gasteiger partial charge in [-0.05, 0) is 12.8 Å². The number of rotatable bonds is 3. The van der Waals surface area contributed by atoms with E-state index < -0.39 is 23.8 Å². The van der Waals surface area contributed by atoms with Gasteiger partial charge in [-0.3, -0.25) is 29.0 Å². The lowest BCUT2D eigenvalue weighted by Crippen LogP contribution is -2.56. The van der Waals surface area contributed by atoms with E-state index in [9.17, 15) is 19.2 Å². The van der Waals surface area contributed by atoms with Gasteiger partial charge in [0.05, 0.1) is 16.1 Å². The van der Waals surface area contributed by atoms with Gasteiger partial charge >= 0.3 is 0 Å². The van der Waals surface area contributed by atoms with Crippen LogP contribution in [0.5, 0.6) is 0 Å². The number of thiophene rings is 1. The normalized spacial score (nSPS) is 21.8. The Kier molecular flexibility index (Phi) is 3.48. The summed E-state index contributed by atoms with van der Waals surface area (Å²) in [5.41, 5.74) is 6.17. The fraction of sp³-hybridized carbons (Fsp3) is 0.429. The molecule has 116 valence electrons. The molecule has 22 heavy (non-hydrogen) atoms. The summed E-state index contributed by atoms with van der Waals surface area (Å²) in [7, 11) is 0. The van der Waals surface area contributed by atoms with Crippen molar-refractivity contribution in [1.29, 1.82) is 0 Å². The van der Waals surface area contributed by atoms with Crippen molar-refractivity contribution >= 4 is 40.0 Å². The Bertz CT molecular complexity index is 696. The Morgan fingerprint density at radius 2 is 2.00 bits per heavy atom. The number of nitrogens with zero attached hydrogens (tertiary/aromatic N) is 2. The Hall–Kier alpha value is -2.22. The number of nitrogens with two attached hydrogens (primary N) is 1. The van der Waals surface area contributed by atoms with Crippen molar-refractivity contribution < 1.29 is 19.2 Å². The third-order valence-corrected chi connectivity index (χ3v) is 4.76. The standard InChI is InChI=1S/C14H15N3O4S/c1-2-5-16-9(18)4-3-8(13(16)20)17-12(19)7-6-22-11(15)10(7)14(17)21/h6,8H,2-5,15H2,1H3. The van der Waals surface area contributed by atoms with E-state index >= 15 is 0 Å². The third-order valence-electron chi connectivity index (χ3n) is 3.94. The van der Waals surface area contributed by atoms with Crippen molar-refractivity contribution in [1.82, 2.24) is 9.80 Å². The van der Waals surface area contributed by atoms with Gasteiger partial charge in [0.25, 0.3) is 17.7 Å². The summed E-state index contributed by atoms with van der Waals surface area (Å²) in [6.45, 7) is 2.15. The quantitative estimate of drug-likeness (QED) is 0.832.